The average Bonchev–Trinajstić information content (AvgIpc) is 2.53. The van der Waals surface area contributed by atoms with Gasteiger partial charge in [-0.25, -0.2) is 9.80 Å². The summed E-state index contributed by atoms with van der Waals surface area (Å²) in [6, 6.07) is 6.24. The van der Waals surface area contributed by atoms with Gasteiger partial charge in [0.25, 0.3) is 5.56 Å². The number of rotatable bonds is 5. The zero-order valence-corrected chi connectivity index (χ0v) is 14.1. The molecule has 1 heterocycles. The van der Waals surface area contributed by atoms with Crippen molar-refractivity contribution in [2.45, 2.75) is 0 Å². The third kappa shape index (κ3) is 3.70. The van der Waals surface area contributed by atoms with Crippen molar-refractivity contribution in [1.82, 2.24) is 14.1 Å². The fraction of sp³-hybridized carbons (Fsp3) is 0.214. The van der Waals surface area contributed by atoms with Gasteiger partial charge in [-0.05, 0) is 24.5 Å². The van der Waals surface area contributed by atoms with Crippen molar-refractivity contribution >= 4 is 29.1 Å². The Balaban J connectivity index is 2.38. The average molecular weight is 352 g/mol. The molecule has 9 heteroatoms. The van der Waals surface area contributed by atoms with Crippen LogP contribution in [-0.2, 0) is 7.05 Å². The van der Waals surface area contributed by atoms with Crippen LogP contribution in [0.15, 0.2) is 40.1 Å². The van der Waals surface area contributed by atoms with Crippen LogP contribution < -0.4 is 16.7 Å². The minimum Gasteiger partial charge on any atom is -0.289 e. The van der Waals surface area contributed by atoms with Gasteiger partial charge in [-0.15, -0.1) is 11.8 Å². The van der Waals surface area contributed by atoms with Crippen LogP contribution in [0.1, 0.15) is 0 Å². The Morgan fingerprint density at radius 3 is 2.74 bits per heavy atom. The van der Waals surface area contributed by atoms with E-state index in [-0.39, 0.29) is 5.56 Å². The molecule has 0 radical (unpaired) electrons. The normalized spacial score (nSPS) is 10.2. The zero-order chi connectivity index (χ0) is 17.0. The molecule has 0 fully saturated rings. The van der Waals surface area contributed by atoms with E-state index < -0.39 is 5.69 Å². The molecular formula is C14H14ClN5O2S. The third-order valence-electron chi connectivity index (χ3n) is 3.04. The highest BCUT2D eigenvalue weighted by Crippen LogP contribution is 2.23. The molecule has 23 heavy (non-hydrogen) atoms. The molecule has 0 spiro atoms. The summed E-state index contributed by atoms with van der Waals surface area (Å²) in [7, 11) is 1.40. The van der Waals surface area contributed by atoms with Crippen LogP contribution in [0.2, 0.25) is 5.02 Å². The molecule has 0 amide bonds. The number of hydrogen-bond acceptors (Lipinski definition) is 6. The summed E-state index contributed by atoms with van der Waals surface area (Å²) in [6.07, 6.45) is 5.27. The summed E-state index contributed by atoms with van der Waals surface area (Å²) in [5, 5.41) is 10.7. The Morgan fingerprint density at radius 2 is 2.13 bits per heavy atom. The van der Waals surface area contributed by atoms with E-state index in [1.165, 1.54) is 40.6 Å². The van der Waals surface area contributed by atoms with E-state index in [1.807, 2.05) is 12.4 Å². The Labute approximate surface area is 141 Å². The van der Waals surface area contributed by atoms with Gasteiger partial charge in [-0.2, -0.15) is 5.26 Å². The largest absolute Gasteiger partial charge is 0.335 e. The maximum absolute atomic E-state index is 12.1. The fourth-order valence-corrected chi connectivity index (χ4v) is 2.55. The van der Waals surface area contributed by atoms with Crippen molar-refractivity contribution < 1.29 is 0 Å². The molecule has 2 aromatic rings. The predicted molar refractivity (Wildman–Crippen MR) is 91.7 cm³/mol. The number of halogens is 1. The van der Waals surface area contributed by atoms with Crippen molar-refractivity contribution in [3.05, 3.63) is 56.3 Å². The second-order valence-corrected chi connectivity index (χ2v) is 5.83. The minimum absolute atomic E-state index is 0.317. The lowest BCUT2D eigenvalue weighted by Gasteiger charge is -2.17. The molecule has 7 nitrogen and oxygen atoms in total. The molecule has 0 atom stereocenters. The molecule has 0 unspecified atom stereocenters. The lowest BCUT2D eigenvalue weighted by atomic mass is 10.3. The molecule has 0 saturated carbocycles. The van der Waals surface area contributed by atoms with Gasteiger partial charge in [0, 0.05) is 19.3 Å². The topological polar surface area (TPSA) is 83.1 Å². The van der Waals surface area contributed by atoms with Gasteiger partial charge in [0.2, 0.25) is 6.19 Å². The molecule has 2 rings (SSSR count). The summed E-state index contributed by atoms with van der Waals surface area (Å²) >= 11 is 7.73. The number of nitrogens with one attached hydrogen (secondary N) is 1. The number of anilines is 1. The fourth-order valence-electron chi connectivity index (χ4n) is 1.90. The van der Waals surface area contributed by atoms with Gasteiger partial charge in [-0.1, -0.05) is 11.6 Å². The summed E-state index contributed by atoms with van der Waals surface area (Å²) in [6.45, 7) is 0. The van der Waals surface area contributed by atoms with E-state index in [2.05, 4.69) is 5.43 Å². The van der Waals surface area contributed by atoms with Crippen molar-refractivity contribution in [2.75, 3.05) is 17.6 Å². The third-order valence-corrected chi connectivity index (χ3v) is 3.86. The van der Waals surface area contributed by atoms with Crippen LogP contribution in [0, 0.1) is 11.5 Å². The van der Waals surface area contributed by atoms with Crippen molar-refractivity contribution in [2.24, 2.45) is 7.05 Å². The summed E-state index contributed by atoms with van der Waals surface area (Å²) in [4.78, 5) is 23.6. The molecule has 0 aliphatic carbocycles. The van der Waals surface area contributed by atoms with Crippen molar-refractivity contribution in [1.29, 1.82) is 5.26 Å². The molecule has 0 aliphatic rings. The highest BCUT2D eigenvalue weighted by molar-refractivity contribution is 7.98. The second-order valence-electron chi connectivity index (χ2n) is 4.59. The van der Waals surface area contributed by atoms with E-state index >= 15 is 0 Å². The number of hydrazine groups is 1. The van der Waals surface area contributed by atoms with E-state index in [0.29, 0.717) is 22.3 Å². The monoisotopic (exact) mass is 351 g/mol. The number of nitrogens with zero attached hydrogens (tertiary/aromatic N) is 4. The zero-order valence-electron chi connectivity index (χ0n) is 12.5. The standard InChI is InChI=1S/C14H14ClN5O2S/c1-18-13(21)5-6-20(14(18)22)12-4-3-10(7-11(12)15)17-19(8-16)9-23-2/h3-7,17H,9H2,1-2H3. The number of aromatic nitrogens is 2. The molecule has 1 N–H and O–H groups in total. The van der Waals surface area contributed by atoms with Crippen LogP contribution >= 0.6 is 23.4 Å². The maximum Gasteiger partial charge on any atom is 0.335 e. The quantitative estimate of drug-likeness (QED) is 0.381. The first-order chi connectivity index (χ1) is 11.0. The number of thioether (sulfide) groups is 1. The Bertz CT molecular complexity index is 871. The van der Waals surface area contributed by atoms with Crippen LogP contribution in [0.25, 0.3) is 5.69 Å². The van der Waals surface area contributed by atoms with E-state index in [0.717, 1.165) is 4.57 Å². The Kier molecular flexibility index (Phi) is 5.36. The Hall–Kier alpha value is -2.37. The first-order valence-corrected chi connectivity index (χ1v) is 8.26. The van der Waals surface area contributed by atoms with Crippen LogP contribution in [0.5, 0.6) is 0 Å². The summed E-state index contributed by atoms with van der Waals surface area (Å²) in [5.74, 6) is 0.482. The first kappa shape index (κ1) is 17.0. The van der Waals surface area contributed by atoms with Gasteiger partial charge in [-0.3, -0.25) is 19.4 Å². The van der Waals surface area contributed by atoms with Gasteiger partial charge in [0.15, 0.2) is 0 Å². The van der Waals surface area contributed by atoms with Gasteiger partial charge in [0.05, 0.1) is 22.3 Å². The van der Waals surface area contributed by atoms with E-state index in [4.69, 9.17) is 16.9 Å². The van der Waals surface area contributed by atoms with Crippen molar-refractivity contribution in [3.8, 4) is 11.9 Å². The SMILES string of the molecule is CSCN(C#N)Nc1ccc(-n2ccc(=O)n(C)c2=O)c(Cl)c1. The lowest BCUT2D eigenvalue weighted by Crippen LogP contribution is -2.36. The van der Waals surface area contributed by atoms with Crippen LogP contribution in [-0.4, -0.2) is 26.3 Å². The number of hydrogen-bond donors (Lipinski definition) is 1. The predicted octanol–water partition coefficient (Wildman–Crippen LogP) is 1.62. The van der Waals surface area contributed by atoms with Gasteiger partial charge < -0.3 is 0 Å². The van der Waals surface area contributed by atoms with Crippen molar-refractivity contribution in [3.63, 3.8) is 0 Å². The number of nitriles is 1. The first-order valence-electron chi connectivity index (χ1n) is 6.49. The molecule has 0 bridgehead atoms. The highest BCUT2D eigenvalue weighted by atomic mass is 35.5. The second kappa shape index (κ2) is 7.26. The lowest BCUT2D eigenvalue weighted by molar-refractivity contribution is 0.552. The van der Waals surface area contributed by atoms with Crippen LogP contribution in [0.4, 0.5) is 5.69 Å². The van der Waals surface area contributed by atoms with Gasteiger partial charge >= 0.3 is 5.69 Å². The van der Waals surface area contributed by atoms with Crippen LogP contribution in [0.3, 0.4) is 0 Å². The molecule has 0 aliphatic heterocycles. The van der Waals surface area contributed by atoms with E-state index in [1.54, 1.807) is 18.2 Å². The molecule has 120 valence electrons. The molecule has 0 saturated heterocycles. The molecule has 1 aromatic heterocycles. The number of benzene rings is 1. The Morgan fingerprint density at radius 1 is 1.39 bits per heavy atom. The highest BCUT2D eigenvalue weighted by Gasteiger charge is 2.09. The summed E-state index contributed by atoms with van der Waals surface area (Å²) < 4.78 is 2.29. The van der Waals surface area contributed by atoms with Gasteiger partial charge in [0.1, 0.15) is 0 Å². The molecular weight excluding hydrogens is 338 g/mol. The van der Waals surface area contributed by atoms with E-state index in [9.17, 15) is 9.59 Å². The smallest absolute Gasteiger partial charge is 0.289 e. The molecule has 1 aromatic carbocycles. The summed E-state index contributed by atoms with van der Waals surface area (Å²) in [5.41, 5.74) is 3.10. The maximum atomic E-state index is 12.1. The minimum atomic E-state index is -0.485.